The number of ketones is 1. The number of hydrazone groups is 1. The normalized spacial score (nSPS) is 23.9. The summed E-state index contributed by atoms with van der Waals surface area (Å²) < 4.78 is 0. The second-order valence-electron chi connectivity index (χ2n) is 4.22. The van der Waals surface area contributed by atoms with Crippen LogP contribution in [0.2, 0.25) is 0 Å². The summed E-state index contributed by atoms with van der Waals surface area (Å²) in [4.78, 5) is 11.0. The molecule has 0 aromatic heterocycles. The molecule has 0 N–H and O–H groups in total. The first-order chi connectivity index (χ1) is 6.84. The molecule has 0 radical (unpaired) electrons. The van der Waals surface area contributed by atoms with E-state index in [2.05, 4.69) is 10.1 Å². The SMILES string of the molecule is O=C1CCC(=NN2CCCCC2)CC1. The summed E-state index contributed by atoms with van der Waals surface area (Å²) in [6.07, 6.45) is 7.12. The third kappa shape index (κ3) is 2.56. The van der Waals surface area contributed by atoms with Gasteiger partial charge in [0.25, 0.3) is 0 Å². The van der Waals surface area contributed by atoms with E-state index in [-0.39, 0.29) is 0 Å². The van der Waals surface area contributed by atoms with Crippen LogP contribution in [0, 0.1) is 0 Å². The molecule has 2 aliphatic rings. The predicted molar refractivity (Wildman–Crippen MR) is 56.3 cm³/mol. The van der Waals surface area contributed by atoms with Gasteiger partial charge in [0, 0.05) is 31.6 Å². The first kappa shape index (κ1) is 9.69. The Hall–Kier alpha value is -0.860. The topological polar surface area (TPSA) is 32.7 Å². The van der Waals surface area contributed by atoms with Crippen LogP contribution in [0.25, 0.3) is 0 Å². The molecule has 1 saturated heterocycles. The van der Waals surface area contributed by atoms with E-state index in [1.165, 1.54) is 25.0 Å². The van der Waals surface area contributed by atoms with Gasteiger partial charge < -0.3 is 0 Å². The average molecular weight is 194 g/mol. The van der Waals surface area contributed by atoms with Crippen LogP contribution >= 0.6 is 0 Å². The van der Waals surface area contributed by atoms with Gasteiger partial charge in [0.15, 0.2) is 0 Å². The third-order valence-electron chi connectivity index (χ3n) is 3.00. The summed E-state index contributed by atoms with van der Waals surface area (Å²) in [6, 6.07) is 0. The van der Waals surface area contributed by atoms with Crippen molar-refractivity contribution >= 4 is 11.5 Å². The summed E-state index contributed by atoms with van der Waals surface area (Å²) >= 11 is 0. The second kappa shape index (κ2) is 4.58. The predicted octanol–water partition coefficient (Wildman–Crippen LogP) is 1.97. The molecule has 0 bridgehead atoms. The highest BCUT2D eigenvalue weighted by molar-refractivity contribution is 5.95. The van der Waals surface area contributed by atoms with Crippen molar-refractivity contribution in [1.82, 2.24) is 5.01 Å². The van der Waals surface area contributed by atoms with Gasteiger partial charge >= 0.3 is 0 Å². The van der Waals surface area contributed by atoms with Gasteiger partial charge in [-0.25, -0.2) is 0 Å². The van der Waals surface area contributed by atoms with Crippen molar-refractivity contribution in [3.63, 3.8) is 0 Å². The lowest BCUT2D eigenvalue weighted by atomic mass is 9.97. The first-order valence-corrected chi connectivity index (χ1v) is 5.67. The number of piperidine rings is 1. The lowest BCUT2D eigenvalue weighted by molar-refractivity contribution is -0.119. The molecule has 14 heavy (non-hydrogen) atoms. The fraction of sp³-hybridized carbons (Fsp3) is 0.818. The van der Waals surface area contributed by atoms with E-state index in [1.54, 1.807) is 0 Å². The lowest BCUT2D eigenvalue weighted by Crippen LogP contribution is -2.27. The Labute approximate surface area is 85.2 Å². The molecule has 0 unspecified atom stereocenters. The minimum Gasteiger partial charge on any atom is -0.300 e. The number of rotatable bonds is 1. The van der Waals surface area contributed by atoms with Crippen LogP contribution in [0.5, 0.6) is 0 Å². The molecule has 1 aliphatic heterocycles. The number of hydrogen-bond donors (Lipinski definition) is 0. The van der Waals surface area contributed by atoms with E-state index in [0.29, 0.717) is 18.6 Å². The van der Waals surface area contributed by atoms with Crippen LogP contribution in [-0.2, 0) is 4.79 Å². The average Bonchev–Trinajstić information content (AvgIpc) is 2.23. The van der Waals surface area contributed by atoms with Crippen molar-refractivity contribution in [1.29, 1.82) is 0 Å². The van der Waals surface area contributed by atoms with Gasteiger partial charge in [-0.1, -0.05) is 0 Å². The monoisotopic (exact) mass is 194 g/mol. The van der Waals surface area contributed by atoms with Gasteiger partial charge in [0.05, 0.1) is 0 Å². The molecule has 0 atom stereocenters. The molecule has 0 aromatic carbocycles. The zero-order valence-electron chi connectivity index (χ0n) is 8.67. The zero-order valence-corrected chi connectivity index (χ0v) is 8.67. The van der Waals surface area contributed by atoms with Gasteiger partial charge in [-0.2, -0.15) is 5.10 Å². The molecule has 0 spiro atoms. The molecule has 1 aliphatic carbocycles. The van der Waals surface area contributed by atoms with Gasteiger partial charge in [0.2, 0.25) is 0 Å². The molecule has 0 amide bonds. The van der Waals surface area contributed by atoms with E-state index >= 15 is 0 Å². The highest BCUT2D eigenvalue weighted by Gasteiger charge is 2.15. The van der Waals surface area contributed by atoms with E-state index in [9.17, 15) is 4.79 Å². The number of Topliss-reactive ketones (excluding diaryl/α,β-unsaturated/α-hetero) is 1. The molecular weight excluding hydrogens is 176 g/mol. The Morgan fingerprint density at radius 1 is 0.929 bits per heavy atom. The van der Waals surface area contributed by atoms with Crippen LogP contribution in [0.3, 0.4) is 0 Å². The number of hydrogen-bond acceptors (Lipinski definition) is 3. The van der Waals surface area contributed by atoms with Gasteiger partial charge in [-0.05, 0) is 32.1 Å². The minimum atomic E-state index is 0.405. The van der Waals surface area contributed by atoms with Crippen molar-refractivity contribution < 1.29 is 4.79 Å². The Bertz CT molecular complexity index is 230. The molecule has 0 aromatic rings. The summed E-state index contributed by atoms with van der Waals surface area (Å²) in [5.41, 5.74) is 1.24. The van der Waals surface area contributed by atoms with Crippen LogP contribution < -0.4 is 0 Å². The van der Waals surface area contributed by atoms with Crippen molar-refractivity contribution in [3.8, 4) is 0 Å². The van der Waals surface area contributed by atoms with Crippen molar-refractivity contribution in [2.75, 3.05) is 13.1 Å². The van der Waals surface area contributed by atoms with E-state index in [1.807, 2.05) is 0 Å². The van der Waals surface area contributed by atoms with Crippen molar-refractivity contribution in [2.24, 2.45) is 5.10 Å². The van der Waals surface area contributed by atoms with Crippen LogP contribution in [0.15, 0.2) is 5.10 Å². The molecule has 1 heterocycles. The highest BCUT2D eigenvalue weighted by atomic mass is 16.1. The third-order valence-corrected chi connectivity index (χ3v) is 3.00. The van der Waals surface area contributed by atoms with Crippen molar-refractivity contribution in [3.05, 3.63) is 0 Å². The summed E-state index contributed by atoms with van der Waals surface area (Å²) in [6.45, 7) is 2.22. The smallest absolute Gasteiger partial charge is 0.133 e. The Kier molecular flexibility index (Phi) is 3.17. The lowest BCUT2D eigenvalue weighted by Gasteiger charge is -2.25. The highest BCUT2D eigenvalue weighted by Crippen LogP contribution is 2.15. The fourth-order valence-corrected chi connectivity index (χ4v) is 2.09. The molecule has 3 nitrogen and oxygen atoms in total. The summed E-state index contributed by atoms with van der Waals surface area (Å²) in [5, 5.41) is 6.82. The van der Waals surface area contributed by atoms with Crippen LogP contribution in [0.1, 0.15) is 44.9 Å². The molecule has 1 saturated carbocycles. The number of nitrogens with zero attached hydrogens (tertiary/aromatic N) is 2. The maximum atomic E-state index is 11.0. The summed E-state index contributed by atoms with van der Waals surface area (Å²) in [7, 11) is 0. The quantitative estimate of drug-likeness (QED) is 0.639. The standard InChI is InChI=1S/C11H18N2O/c14-11-6-4-10(5-7-11)12-13-8-2-1-3-9-13/h1-9H2. The molecule has 3 heteroatoms. The molecule has 2 fully saturated rings. The maximum Gasteiger partial charge on any atom is 0.133 e. The zero-order chi connectivity index (χ0) is 9.80. The van der Waals surface area contributed by atoms with Crippen LogP contribution in [-0.4, -0.2) is 29.6 Å². The van der Waals surface area contributed by atoms with Crippen LogP contribution in [0.4, 0.5) is 0 Å². The first-order valence-electron chi connectivity index (χ1n) is 5.67. The van der Waals surface area contributed by atoms with Gasteiger partial charge in [0.1, 0.15) is 5.78 Å². The van der Waals surface area contributed by atoms with Gasteiger partial charge in [-0.15, -0.1) is 0 Å². The van der Waals surface area contributed by atoms with E-state index in [4.69, 9.17) is 0 Å². The second-order valence-corrected chi connectivity index (χ2v) is 4.22. The minimum absolute atomic E-state index is 0.405. The molecule has 78 valence electrons. The number of carbonyl (C=O) groups excluding carboxylic acids is 1. The Balaban J connectivity index is 1.86. The molecule has 2 rings (SSSR count). The Morgan fingerprint density at radius 2 is 1.57 bits per heavy atom. The fourth-order valence-electron chi connectivity index (χ4n) is 2.09. The number of carbonyl (C=O) groups is 1. The van der Waals surface area contributed by atoms with E-state index in [0.717, 1.165) is 25.9 Å². The van der Waals surface area contributed by atoms with Gasteiger partial charge in [-0.3, -0.25) is 9.80 Å². The van der Waals surface area contributed by atoms with Crippen molar-refractivity contribution in [2.45, 2.75) is 44.9 Å². The van der Waals surface area contributed by atoms with E-state index < -0.39 is 0 Å². The Morgan fingerprint density at radius 3 is 2.21 bits per heavy atom. The summed E-state index contributed by atoms with van der Waals surface area (Å²) in [5.74, 6) is 0.405. The molecular formula is C11H18N2O. The largest absolute Gasteiger partial charge is 0.300 e. The maximum absolute atomic E-state index is 11.0.